The van der Waals surface area contributed by atoms with Gasteiger partial charge in [-0.25, -0.2) is 0 Å². The van der Waals surface area contributed by atoms with E-state index < -0.39 is 8.80 Å². The Hall–Kier alpha value is 0.0169. The van der Waals surface area contributed by atoms with Crippen molar-refractivity contribution in [2.45, 2.75) is 32.0 Å². The van der Waals surface area contributed by atoms with Crippen molar-refractivity contribution in [2.24, 2.45) is 0 Å². The fourth-order valence-corrected chi connectivity index (χ4v) is 2.93. The number of hydrogen-bond acceptors (Lipinski definition) is 5. The SMILES string of the molecule is CNC(C)(C)OCCC[Si](OC)(OC)OC. The standard InChI is InChI=1S/C10H25NO4Si/c1-10(2,11-3)15-8-7-9-16(12-4,13-5)14-6/h11H,7-9H2,1-6H3. The highest BCUT2D eigenvalue weighted by Crippen LogP contribution is 2.15. The van der Waals surface area contributed by atoms with Gasteiger partial charge < -0.3 is 18.0 Å². The Morgan fingerprint density at radius 1 is 1.06 bits per heavy atom. The van der Waals surface area contributed by atoms with Crippen LogP contribution in [0.4, 0.5) is 0 Å². The number of rotatable bonds is 9. The second kappa shape index (κ2) is 7.36. The van der Waals surface area contributed by atoms with Crippen molar-refractivity contribution in [2.75, 3.05) is 35.0 Å². The van der Waals surface area contributed by atoms with Gasteiger partial charge in [0.25, 0.3) is 0 Å². The van der Waals surface area contributed by atoms with Gasteiger partial charge in [0.05, 0.1) is 0 Å². The molecule has 0 radical (unpaired) electrons. The van der Waals surface area contributed by atoms with Crippen molar-refractivity contribution >= 4 is 8.80 Å². The maximum Gasteiger partial charge on any atom is 0.500 e. The third-order valence-electron chi connectivity index (χ3n) is 2.63. The minimum absolute atomic E-state index is 0.294. The molecular formula is C10H25NO4Si. The summed E-state index contributed by atoms with van der Waals surface area (Å²) < 4.78 is 21.6. The van der Waals surface area contributed by atoms with Gasteiger partial charge >= 0.3 is 8.80 Å². The molecule has 0 saturated heterocycles. The average molecular weight is 251 g/mol. The molecule has 0 bridgehead atoms. The third-order valence-corrected chi connectivity index (χ3v) is 5.46. The van der Waals surface area contributed by atoms with Gasteiger partial charge in [-0.15, -0.1) is 0 Å². The topological polar surface area (TPSA) is 49.0 Å². The molecule has 0 saturated carbocycles. The maximum atomic E-state index is 5.65. The minimum atomic E-state index is -2.42. The molecule has 6 heteroatoms. The van der Waals surface area contributed by atoms with Crippen molar-refractivity contribution < 1.29 is 18.0 Å². The van der Waals surface area contributed by atoms with Crippen LogP contribution in [0.15, 0.2) is 0 Å². The van der Waals surface area contributed by atoms with E-state index in [2.05, 4.69) is 5.32 Å². The van der Waals surface area contributed by atoms with Crippen LogP contribution in [-0.4, -0.2) is 49.5 Å². The molecule has 0 atom stereocenters. The van der Waals surface area contributed by atoms with E-state index in [1.54, 1.807) is 21.3 Å². The van der Waals surface area contributed by atoms with Gasteiger partial charge in [0.1, 0.15) is 5.72 Å². The van der Waals surface area contributed by atoms with Crippen LogP contribution in [-0.2, 0) is 18.0 Å². The predicted octanol–water partition coefficient (Wildman–Crippen LogP) is 1.23. The first kappa shape index (κ1) is 16.0. The smallest absolute Gasteiger partial charge is 0.377 e. The Kier molecular flexibility index (Phi) is 7.37. The lowest BCUT2D eigenvalue weighted by atomic mass is 10.3. The van der Waals surface area contributed by atoms with Crippen molar-refractivity contribution in [3.05, 3.63) is 0 Å². The molecule has 0 aromatic carbocycles. The van der Waals surface area contributed by atoms with Crippen LogP contribution in [0.1, 0.15) is 20.3 Å². The Balaban J connectivity index is 3.88. The third kappa shape index (κ3) is 5.38. The summed E-state index contributed by atoms with van der Waals surface area (Å²) in [5.74, 6) is 0. The molecule has 0 amide bonds. The second-order valence-corrected chi connectivity index (χ2v) is 7.10. The van der Waals surface area contributed by atoms with Crippen LogP contribution in [0.2, 0.25) is 6.04 Å². The summed E-state index contributed by atoms with van der Waals surface area (Å²) in [7, 11) is 4.32. The van der Waals surface area contributed by atoms with Gasteiger partial charge in [-0.1, -0.05) is 0 Å². The molecule has 1 N–H and O–H groups in total. The summed E-state index contributed by atoms with van der Waals surface area (Å²) in [6.07, 6.45) is 0.854. The molecule has 0 fully saturated rings. The number of nitrogens with one attached hydrogen (secondary N) is 1. The van der Waals surface area contributed by atoms with Gasteiger partial charge in [0.2, 0.25) is 0 Å². The lowest BCUT2D eigenvalue weighted by molar-refractivity contribution is -0.0383. The van der Waals surface area contributed by atoms with Gasteiger partial charge in [-0.2, -0.15) is 0 Å². The first-order valence-electron chi connectivity index (χ1n) is 5.43. The highest BCUT2D eigenvalue weighted by atomic mass is 28.4. The molecule has 5 nitrogen and oxygen atoms in total. The fourth-order valence-electron chi connectivity index (χ4n) is 1.24. The molecule has 98 valence electrons. The average Bonchev–Trinajstić information content (AvgIpc) is 2.30. The van der Waals surface area contributed by atoms with E-state index in [1.165, 1.54) is 0 Å². The monoisotopic (exact) mass is 251 g/mol. The normalized spacial score (nSPS) is 13.1. The Morgan fingerprint density at radius 2 is 1.56 bits per heavy atom. The Morgan fingerprint density at radius 3 is 1.94 bits per heavy atom. The van der Waals surface area contributed by atoms with Gasteiger partial charge in [-0.3, -0.25) is 5.32 Å². The summed E-state index contributed by atoms with van der Waals surface area (Å²) >= 11 is 0. The summed E-state index contributed by atoms with van der Waals surface area (Å²) in [5, 5.41) is 3.08. The zero-order chi connectivity index (χ0) is 12.7. The van der Waals surface area contributed by atoms with Gasteiger partial charge in [-0.05, 0) is 27.3 Å². The second-order valence-electron chi connectivity index (χ2n) is 4.01. The van der Waals surface area contributed by atoms with Crippen LogP contribution in [0.3, 0.4) is 0 Å². The minimum Gasteiger partial charge on any atom is -0.377 e. The molecule has 0 unspecified atom stereocenters. The van der Waals surface area contributed by atoms with Crippen LogP contribution >= 0.6 is 0 Å². The van der Waals surface area contributed by atoms with E-state index in [4.69, 9.17) is 18.0 Å². The molecule has 0 aliphatic heterocycles. The first-order valence-corrected chi connectivity index (χ1v) is 7.37. The molecule has 16 heavy (non-hydrogen) atoms. The van der Waals surface area contributed by atoms with E-state index in [0.29, 0.717) is 6.61 Å². The van der Waals surface area contributed by atoms with Crippen molar-refractivity contribution in [3.63, 3.8) is 0 Å². The molecule has 0 aromatic heterocycles. The first-order chi connectivity index (χ1) is 7.45. The van der Waals surface area contributed by atoms with Crippen molar-refractivity contribution in [1.82, 2.24) is 5.32 Å². The van der Waals surface area contributed by atoms with E-state index >= 15 is 0 Å². The number of hydrogen-bond donors (Lipinski definition) is 1. The van der Waals surface area contributed by atoms with E-state index in [0.717, 1.165) is 12.5 Å². The molecule has 0 rings (SSSR count). The van der Waals surface area contributed by atoms with Gasteiger partial charge in [0, 0.05) is 34.0 Å². The van der Waals surface area contributed by atoms with E-state index in [9.17, 15) is 0 Å². The fraction of sp³-hybridized carbons (Fsp3) is 1.00. The Labute approximate surface area is 99.8 Å². The van der Waals surface area contributed by atoms with E-state index in [-0.39, 0.29) is 5.72 Å². The summed E-state index contributed by atoms with van der Waals surface area (Å²) in [4.78, 5) is 0. The maximum absolute atomic E-state index is 5.65. The highest BCUT2D eigenvalue weighted by molar-refractivity contribution is 6.60. The number of ether oxygens (including phenoxy) is 1. The van der Waals surface area contributed by atoms with Gasteiger partial charge in [0.15, 0.2) is 0 Å². The lowest BCUT2D eigenvalue weighted by Gasteiger charge is -2.27. The van der Waals surface area contributed by atoms with Crippen LogP contribution in [0, 0.1) is 0 Å². The quantitative estimate of drug-likeness (QED) is 0.379. The molecule has 0 aliphatic carbocycles. The van der Waals surface area contributed by atoms with E-state index in [1.807, 2.05) is 20.9 Å². The summed E-state index contributed by atoms with van der Waals surface area (Å²) in [5.41, 5.74) is -0.294. The zero-order valence-electron chi connectivity index (χ0n) is 11.3. The van der Waals surface area contributed by atoms with Crippen molar-refractivity contribution in [3.8, 4) is 0 Å². The lowest BCUT2D eigenvalue weighted by Crippen LogP contribution is -2.43. The zero-order valence-corrected chi connectivity index (χ0v) is 12.3. The molecule has 0 aliphatic rings. The Bertz CT molecular complexity index is 177. The highest BCUT2D eigenvalue weighted by Gasteiger charge is 2.37. The largest absolute Gasteiger partial charge is 0.500 e. The summed E-state index contributed by atoms with van der Waals surface area (Å²) in [6.45, 7) is 4.62. The molecule has 0 heterocycles. The molecule has 0 aromatic rings. The van der Waals surface area contributed by atoms with Crippen LogP contribution < -0.4 is 5.32 Å². The van der Waals surface area contributed by atoms with Crippen LogP contribution in [0.5, 0.6) is 0 Å². The molecular weight excluding hydrogens is 226 g/mol. The molecule has 0 spiro atoms. The predicted molar refractivity (Wildman–Crippen MR) is 65.3 cm³/mol. The van der Waals surface area contributed by atoms with Crippen LogP contribution in [0.25, 0.3) is 0 Å². The van der Waals surface area contributed by atoms with Crippen molar-refractivity contribution in [1.29, 1.82) is 0 Å². The summed E-state index contributed by atoms with van der Waals surface area (Å²) in [6, 6.07) is 0.760.